The molecule has 1 fully saturated rings. The Kier molecular flexibility index (Phi) is 8.09. The number of hydrogen-bond acceptors (Lipinski definition) is 4. The van der Waals surface area contributed by atoms with Crippen LogP contribution in [-0.4, -0.2) is 67.4 Å². The third-order valence-corrected chi connectivity index (χ3v) is 6.14. The molecule has 0 aromatic carbocycles. The zero-order valence-electron chi connectivity index (χ0n) is 17.0. The van der Waals surface area contributed by atoms with E-state index in [1.807, 2.05) is 11.6 Å². The number of aromatic nitrogens is 2. The first-order chi connectivity index (χ1) is 12.8. The molecule has 0 bridgehead atoms. The fraction of sp³-hybridized carbons (Fsp3) is 0.778. The van der Waals surface area contributed by atoms with Crippen LogP contribution < -0.4 is 10.6 Å². The predicted octanol–water partition coefficient (Wildman–Crippen LogP) is 1.12. The molecular weight excluding hydrogens is 364 g/mol. The second kappa shape index (κ2) is 10.1. The standard InChI is InChI=1S/C18H34N6O2S/c1-5-19-18(20-9-6-10-24-16(3)13-15(2)22-24)21-14-17-7-11-23(12-8-17)27(4,25)26/h13,17H,5-12,14H2,1-4H3,(H2,19,20,21). The first-order valence-corrected chi connectivity index (χ1v) is 11.6. The predicted molar refractivity (Wildman–Crippen MR) is 109 cm³/mol. The second-order valence-corrected chi connectivity index (χ2v) is 9.24. The van der Waals surface area contributed by atoms with Gasteiger partial charge in [-0.15, -0.1) is 0 Å². The van der Waals surface area contributed by atoms with Crippen LogP contribution in [0, 0.1) is 19.8 Å². The molecule has 0 amide bonds. The van der Waals surface area contributed by atoms with E-state index in [4.69, 9.17) is 4.99 Å². The fourth-order valence-electron chi connectivity index (χ4n) is 3.32. The van der Waals surface area contributed by atoms with E-state index in [1.54, 1.807) is 4.31 Å². The van der Waals surface area contributed by atoms with Crippen molar-refractivity contribution in [3.8, 4) is 0 Å². The molecule has 1 aliphatic rings. The van der Waals surface area contributed by atoms with E-state index in [2.05, 4.69) is 35.6 Å². The topological polar surface area (TPSA) is 91.6 Å². The Morgan fingerprint density at radius 3 is 2.56 bits per heavy atom. The Labute approximate surface area is 163 Å². The third-order valence-electron chi connectivity index (χ3n) is 4.84. The number of aryl methyl sites for hydroxylation is 3. The summed E-state index contributed by atoms with van der Waals surface area (Å²) in [5, 5.41) is 11.1. The van der Waals surface area contributed by atoms with Crippen molar-refractivity contribution in [3.63, 3.8) is 0 Å². The minimum Gasteiger partial charge on any atom is -0.357 e. The first-order valence-electron chi connectivity index (χ1n) is 9.78. The monoisotopic (exact) mass is 398 g/mol. The largest absolute Gasteiger partial charge is 0.357 e. The van der Waals surface area contributed by atoms with Crippen LogP contribution >= 0.6 is 0 Å². The number of aliphatic imine (C=N–C) groups is 1. The Hall–Kier alpha value is -1.61. The van der Waals surface area contributed by atoms with Gasteiger partial charge in [-0.05, 0) is 52.0 Å². The molecule has 0 spiro atoms. The van der Waals surface area contributed by atoms with Gasteiger partial charge in [-0.3, -0.25) is 9.67 Å². The molecule has 2 N–H and O–H groups in total. The van der Waals surface area contributed by atoms with Crippen molar-refractivity contribution in [1.29, 1.82) is 0 Å². The molecule has 1 saturated heterocycles. The first kappa shape index (κ1) is 21.7. The molecule has 0 atom stereocenters. The highest BCUT2D eigenvalue weighted by molar-refractivity contribution is 7.88. The van der Waals surface area contributed by atoms with Gasteiger partial charge in [0.2, 0.25) is 10.0 Å². The van der Waals surface area contributed by atoms with Gasteiger partial charge in [0, 0.05) is 45.0 Å². The van der Waals surface area contributed by atoms with Crippen molar-refractivity contribution >= 4 is 16.0 Å². The molecule has 2 heterocycles. The van der Waals surface area contributed by atoms with E-state index >= 15 is 0 Å². The van der Waals surface area contributed by atoms with Gasteiger partial charge < -0.3 is 10.6 Å². The highest BCUT2D eigenvalue weighted by Crippen LogP contribution is 2.19. The second-order valence-electron chi connectivity index (χ2n) is 7.26. The van der Waals surface area contributed by atoms with Crippen LogP contribution in [-0.2, 0) is 16.6 Å². The summed E-state index contributed by atoms with van der Waals surface area (Å²) in [6.07, 6.45) is 3.99. The molecule has 154 valence electrons. The summed E-state index contributed by atoms with van der Waals surface area (Å²) < 4.78 is 26.8. The van der Waals surface area contributed by atoms with Crippen LogP contribution in [0.2, 0.25) is 0 Å². The van der Waals surface area contributed by atoms with Gasteiger partial charge in [0.05, 0.1) is 11.9 Å². The number of sulfonamides is 1. The van der Waals surface area contributed by atoms with Crippen molar-refractivity contribution in [2.24, 2.45) is 10.9 Å². The van der Waals surface area contributed by atoms with Crippen molar-refractivity contribution in [3.05, 3.63) is 17.5 Å². The SMILES string of the molecule is CCNC(=NCC1CCN(S(C)(=O)=O)CC1)NCCCn1nc(C)cc1C. The molecule has 1 aliphatic heterocycles. The molecule has 0 unspecified atom stereocenters. The van der Waals surface area contributed by atoms with E-state index < -0.39 is 10.0 Å². The van der Waals surface area contributed by atoms with Gasteiger partial charge in [0.1, 0.15) is 0 Å². The Balaban J connectivity index is 1.74. The molecule has 2 rings (SSSR count). The zero-order valence-corrected chi connectivity index (χ0v) is 17.8. The highest BCUT2D eigenvalue weighted by Gasteiger charge is 2.24. The molecule has 27 heavy (non-hydrogen) atoms. The number of rotatable bonds is 8. The minimum absolute atomic E-state index is 0.438. The molecule has 1 aromatic heterocycles. The molecular formula is C18H34N6O2S. The Bertz CT molecular complexity index is 720. The summed E-state index contributed by atoms with van der Waals surface area (Å²) >= 11 is 0. The van der Waals surface area contributed by atoms with Crippen molar-refractivity contribution in [2.45, 2.75) is 46.6 Å². The van der Waals surface area contributed by atoms with Crippen LogP contribution in [0.5, 0.6) is 0 Å². The molecule has 8 nitrogen and oxygen atoms in total. The zero-order chi connectivity index (χ0) is 19.9. The summed E-state index contributed by atoms with van der Waals surface area (Å²) in [4.78, 5) is 4.69. The van der Waals surface area contributed by atoms with Gasteiger partial charge in [-0.2, -0.15) is 5.10 Å². The van der Waals surface area contributed by atoms with Crippen molar-refractivity contribution in [2.75, 3.05) is 39.0 Å². The quantitative estimate of drug-likeness (QED) is 0.389. The Morgan fingerprint density at radius 1 is 1.30 bits per heavy atom. The van der Waals surface area contributed by atoms with Gasteiger partial charge in [0.15, 0.2) is 5.96 Å². The van der Waals surface area contributed by atoms with Crippen LogP contribution in [0.1, 0.15) is 37.6 Å². The highest BCUT2D eigenvalue weighted by atomic mass is 32.2. The van der Waals surface area contributed by atoms with E-state index in [9.17, 15) is 8.42 Å². The molecule has 0 aliphatic carbocycles. The van der Waals surface area contributed by atoms with E-state index in [0.717, 1.165) is 57.1 Å². The summed E-state index contributed by atoms with van der Waals surface area (Å²) in [5.41, 5.74) is 2.24. The smallest absolute Gasteiger partial charge is 0.211 e. The van der Waals surface area contributed by atoms with Crippen molar-refractivity contribution in [1.82, 2.24) is 24.7 Å². The maximum absolute atomic E-state index is 11.6. The number of guanidine groups is 1. The van der Waals surface area contributed by atoms with Gasteiger partial charge >= 0.3 is 0 Å². The van der Waals surface area contributed by atoms with Crippen LogP contribution in [0.15, 0.2) is 11.1 Å². The summed E-state index contributed by atoms with van der Waals surface area (Å²) in [7, 11) is -3.06. The minimum atomic E-state index is -3.06. The number of piperidine rings is 1. The average molecular weight is 399 g/mol. The summed E-state index contributed by atoms with van der Waals surface area (Å²) in [5.74, 6) is 1.27. The van der Waals surface area contributed by atoms with E-state index in [-0.39, 0.29) is 0 Å². The number of nitrogens with zero attached hydrogens (tertiary/aromatic N) is 4. The molecule has 9 heteroatoms. The normalized spacial score (nSPS) is 17.3. The van der Waals surface area contributed by atoms with Gasteiger partial charge in [-0.1, -0.05) is 0 Å². The lowest BCUT2D eigenvalue weighted by Gasteiger charge is -2.29. The van der Waals surface area contributed by atoms with Crippen LogP contribution in [0.3, 0.4) is 0 Å². The number of hydrogen-bond donors (Lipinski definition) is 2. The maximum Gasteiger partial charge on any atom is 0.211 e. The summed E-state index contributed by atoms with van der Waals surface area (Å²) in [6, 6.07) is 2.09. The maximum atomic E-state index is 11.6. The lowest BCUT2D eigenvalue weighted by Crippen LogP contribution is -2.40. The van der Waals surface area contributed by atoms with E-state index in [1.165, 1.54) is 11.9 Å². The number of nitrogens with one attached hydrogen (secondary N) is 2. The Morgan fingerprint density at radius 2 is 2.00 bits per heavy atom. The van der Waals surface area contributed by atoms with Crippen LogP contribution in [0.25, 0.3) is 0 Å². The van der Waals surface area contributed by atoms with E-state index in [0.29, 0.717) is 19.0 Å². The van der Waals surface area contributed by atoms with Gasteiger partial charge in [0.25, 0.3) is 0 Å². The molecule has 1 aromatic rings. The summed E-state index contributed by atoms with van der Waals surface area (Å²) in [6.45, 7) is 10.6. The molecule has 0 radical (unpaired) electrons. The lowest BCUT2D eigenvalue weighted by molar-refractivity contribution is 0.280. The van der Waals surface area contributed by atoms with Crippen molar-refractivity contribution < 1.29 is 8.42 Å². The molecule has 0 saturated carbocycles. The fourth-order valence-corrected chi connectivity index (χ4v) is 4.20. The van der Waals surface area contributed by atoms with Gasteiger partial charge in [-0.25, -0.2) is 12.7 Å². The lowest BCUT2D eigenvalue weighted by atomic mass is 9.98. The third kappa shape index (κ3) is 7.14. The average Bonchev–Trinajstić information content (AvgIpc) is 2.93. The van der Waals surface area contributed by atoms with Crippen LogP contribution in [0.4, 0.5) is 0 Å².